The summed E-state index contributed by atoms with van der Waals surface area (Å²) in [6, 6.07) is 1.67. The van der Waals surface area contributed by atoms with E-state index in [1.165, 1.54) is 10.7 Å². The van der Waals surface area contributed by atoms with E-state index in [9.17, 15) is 9.90 Å². The molecule has 0 saturated heterocycles. The summed E-state index contributed by atoms with van der Waals surface area (Å²) in [7, 11) is 0. The second-order valence-electron chi connectivity index (χ2n) is 3.12. The number of hydrogen-bond donors (Lipinski definition) is 1. The van der Waals surface area contributed by atoms with Crippen LogP contribution in [0, 0.1) is 0 Å². The van der Waals surface area contributed by atoms with Gasteiger partial charge in [0.1, 0.15) is 11.1 Å². The van der Waals surface area contributed by atoms with E-state index < -0.39 is 5.97 Å². The Bertz CT molecular complexity index is 550. The first-order valence-corrected chi connectivity index (χ1v) is 5.45. The lowest BCUT2D eigenvalue weighted by molar-refractivity contribution is 0.0522. The molecule has 0 aliphatic heterocycles. The number of rotatable bonds is 2. The minimum atomic E-state index is -0.577. The predicted molar refractivity (Wildman–Crippen MR) is 60.5 cm³/mol. The molecule has 16 heavy (non-hydrogen) atoms. The monoisotopic (exact) mass is 284 g/mol. The lowest BCUT2D eigenvalue weighted by Gasteiger charge is -2.04. The van der Waals surface area contributed by atoms with E-state index in [0.29, 0.717) is 5.52 Å². The van der Waals surface area contributed by atoms with E-state index in [1.807, 2.05) is 0 Å². The molecule has 2 rings (SSSR count). The largest absolute Gasteiger partial charge is 0.505 e. The second kappa shape index (κ2) is 4.13. The molecule has 2 aromatic rings. The highest BCUT2D eigenvalue weighted by molar-refractivity contribution is 9.10. The van der Waals surface area contributed by atoms with Crippen LogP contribution < -0.4 is 0 Å². The molecule has 1 N–H and O–H groups in total. The number of hydrogen-bond acceptors (Lipinski definition) is 4. The van der Waals surface area contributed by atoms with Crippen molar-refractivity contribution in [3.8, 4) is 5.75 Å². The van der Waals surface area contributed by atoms with Gasteiger partial charge in [-0.2, -0.15) is 5.10 Å². The van der Waals surface area contributed by atoms with Gasteiger partial charge in [0.25, 0.3) is 0 Å². The fourth-order valence-corrected chi connectivity index (χ4v) is 1.78. The minimum Gasteiger partial charge on any atom is -0.505 e. The van der Waals surface area contributed by atoms with Gasteiger partial charge in [-0.05, 0) is 28.9 Å². The van der Waals surface area contributed by atoms with Crippen LogP contribution in [0.3, 0.4) is 0 Å². The molecule has 0 radical (unpaired) electrons. The zero-order valence-corrected chi connectivity index (χ0v) is 10.1. The molecule has 0 spiro atoms. The van der Waals surface area contributed by atoms with Gasteiger partial charge in [-0.1, -0.05) is 0 Å². The van der Waals surface area contributed by atoms with Crippen molar-refractivity contribution in [1.29, 1.82) is 0 Å². The highest BCUT2D eigenvalue weighted by Crippen LogP contribution is 2.26. The van der Waals surface area contributed by atoms with E-state index in [1.54, 1.807) is 19.2 Å². The molecule has 0 aliphatic carbocycles. The van der Waals surface area contributed by atoms with Crippen LogP contribution in [0.4, 0.5) is 0 Å². The summed E-state index contributed by atoms with van der Waals surface area (Å²) in [6.07, 6.45) is 2.97. The lowest BCUT2D eigenvalue weighted by Crippen LogP contribution is -2.06. The molecule has 0 bridgehead atoms. The number of fused-ring (bicyclic) bond motifs is 1. The van der Waals surface area contributed by atoms with Gasteiger partial charge < -0.3 is 9.84 Å². The minimum absolute atomic E-state index is 0.0694. The normalized spacial score (nSPS) is 10.6. The molecular weight excluding hydrogens is 276 g/mol. The van der Waals surface area contributed by atoms with E-state index in [0.717, 1.165) is 4.47 Å². The fourth-order valence-electron chi connectivity index (χ4n) is 1.37. The molecular formula is C10H9BrN2O3. The maximum Gasteiger partial charge on any atom is 0.343 e. The van der Waals surface area contributed by atoms with Gasteiger partial charge in [-0.15, -0.1) is 0 Å². The molecule has 0 saturated carbocycles. The number of ether oxygens (including phenoxy) is 1. The van der Waals surface area contributed by atoms with Gasteiger partial charge in [0, 0.05) is 10.7 Å². The molecule has 84 valence electrons. The zero-order valence-electron chi connectivity index (χ0n) is 8.48. The Morgan fingerprint density at radius 1 is 1.69 bits per heavy atom. The smallest absolute Gasteiger partial charge is 0.343 e. The second-order valence-corrected chi connectivity index (χ2v) is 4.03. The molecule has 0 atom stereocenters. The number of halogens is 1. The van der Waals surface area contributed by atoms with E-state index >= 15 is 0 Å². The number of carbonyl (C=O) groups excluding carboxylic acids is 1. The summed E-state index contributed by atoms with van der Waals surface area (Å²) >= 11 is 3.26. The van der Waals surface area contributed by atoms with Crippen LogP contribution >= 0.6 is 15.9 Å². The molecule has 0 aromatic carbocycles. The lowest BCUT2D eigenvalue weighted by atomic mass is 10.2. The highest BCUT2D eigenvalue weighted by atomic mass is 79.9. The summed E-state index contributed by atoms with van der Waals surface area (Å²) in [4.78, 5) is 11.5. The maximum absolute atomic E-state index is 11.5. The number of aromatic nitrogens is 2. The van der Waals surface area contributed by atoms with Crippen LogP contribution in [-0.2, 0) is 4.74 Å². The molecule has 5 nitrogen and oxygen atoms in total. The molecule has 0 fully saturated rings. The summed E-state index contributed by atoms with van der Waals surface area (Å²) in [5.74, 6) is -0.702. The summed E-state index contributed by atoms with van der Waals surface area (Å²) in [5, 5.41) is 13.9. The highest BCUT2D eigenvalue weighted by Gasteiger charge is 2.16. The van der Waals surface area contributed by atoms with Crippen molar-refractivity contribution < 1.29 is 14.6 Å². The molecule has 2 aromatic heterocycles. The van der Waals surface area contributed by atoms with Crippen LogP contribution in [0.1, 0.15) is 17.3 Å². The molecule has 0 unspecified atom stereocenters. The molecule has 0 amide bonds. The summed E-state index contributed by atoms with van der Waals surface area (Å²) < 4.78 is 7.05. The average molecular weight is 285 g/mol. The van der Waals surface area contributed by atoms with Gasteiger partial charge >= 0.3 is 5.97 Å². The zero-order chi connectivity index (χ0) is 11.7. The standard InChI is InChI=1S/C10H9BrN2O3/c1-2-16-10(15)7-4-12-13-5-6(11)3-8(13)9(7)14/h3-5,14H,2H2,1H3. The third kappa shape index (κ3) is 1.76. The number of esters is 1. The van der Waals surface area contributed by atoms with Crippen molar-refractivity contribution in [2.45, 2.75) is 6.92 Å². The van der Waals surface area contributed by atoms with Crippen molar-refractivity contribution in [2.24, 2.45) is 0 Å². The summed E-state index contributed by atoms with van der Waals surface area (Å²) in [6.45, 7) is 1.96. The first-order chi connectivity index (χ1) is 7.63. The third-order valence-electron chi connectivity index (χ3n) is 2.07. The first kappa shape index (κ1) is 10.9. The van der Waals surface area contributed by atoms with E-state index in [-0.39, 0.29) is 17.9 Å². The predicted octanol–water partition coefficient (Wildman–Crippen LogP) is 1.98. The van der Waals surface area contributed by atoms with Crippen LogP contribution in [-0.4, -0.2) is 27.3 Å². The van der Waals surface area contributed by atoms with Gasteiger partial charge in [0.05, 0.1) is 12.8 Å². The SMILES string of the molecule is CCOC(=O)c1cnn2cc(Br)cc2c1O. The van der Waals surface area contributed by atoms with Crippen LogP contribution in [0.2, 0.25) is 0 Å². The Balaban J connectivity index is 2.55. The van der Waals surface area contributed by atoms with Crippen LogP contribution in [0.25, 0.3) is 5.52 Å². The molecule has 6 heteroatoms. The van der Waals surface area contributed by atoms with Crippen molar-refractivity contribution >= 4 is 27.4 Å². The Hall–Kier alpha value is -1.56. The van der Waals surface area contributed by atoms with Crippen molar-refractivity contribution in [3.63, 3.8) is 0 Å². The van der Waals surface area contributed by atoms with Gasteiger partial charge in [-0.3, -0.25) is 0 Å². The van der Waals surface area contributed by atoms with Gasteiger partial charge in [-0.25, -0.2) is 9.31 Å². The van der Waals surface area contributed by atoms with Crippen molar-refractivity contribution in [2.75, 3.05) is 6.61 Å². The first-order valence-electron chi connectivity index (χ1n) is 4.66. The number of aromatic hydroxyl groups is 1. The Labute approximate surface area is 99.8 Å². The molecule has 2 heterocycles. The topological polar surface area (TPSA) is 63.8 Å². The number of nitrogens with zero attached hydrogens (tertiary/aromatic N) is 2. The Kier molecular flexibility index (Phi) is 2.82. The quantitative estimate of drug-likeness (QED) is 0.857. The van der Waals surface area contributed by atoms with Crippen LogP contribution in [0.5, 0.6) is 5.75 Å². The maximum atomic E-state index is 11.5. The van der Waals surface area contributed by atoms with E-state index in [4.69, 9.17) is 4.74 Å². The fraction of sp³-hybridized carbons (Fsp3) is 0.200. The van der Waals surface area contributed by atoms with Gasteiger partial charge in [0.15, 0.2) is 5.75 Å². The van der Waals surface area contributed by atoms with Crippen LogP contribution in [0.15, 0.2) is 22.9 Å². The van der Waals surface area contributed by atoms with E-state index in [2.05, 4.69) is 21.0 Å². The average Bonchev–Trinajstić information content (AvgIpc) is 2.60. The van der Waals surface area contributed by atoms with Crippen molar-refractivity contribution in [1.82, 2.24) is 9.61 Å². The Morgan fingerprint density at radius 3 is 3.12 bits per heavy atom. The Morgan fingerprint density at radius 2 is 2.44 bits per heavy atom. The van der Waals surface area contributed by atoms with Gasteiger partial charge in [0.2, 0.25) is 0 Å². The molecule has 0 aliphatic rings. The summed E-state index contributed by atoms with van der Waals surface area (Å²) in [5.41, 5.74) is 0.525. The number of carbonyl (C=O) groups is 1. The third-order valence-corrected chi connectivity index (χ3v) is 2.51. The van der Waals surface area contributed by atoms with Crippen molar-refractivity contribution in [3.05, 3.63) is 28.5 Å².